The van der Waals surface area contributed by atoms with Crippen molar-refractivity contribution in [3.8, 4) is 11.5 Å². The van der Waals surface area contributed by atoms with Gasteiger partial charge in [0.2, 0.25) is 11.9 Å². The molecule has 1 unspecified atom stereocenters. The molecule has 3 N–H and O–H groups in total. The van der Waals surface area contributed by atoms with Gasteiger partial charge in [-0.15, -0.1) is 11.8 Å². The van der Waals surface area contributed by atoms with Crippen molar-refractivity contribution in [2.45, 2.75) is 17.5 Å². The first-order valence-corrected chi connectivity index (χ1v) is 9.22. The lowest BCUT2D eigenvalue weighted by Gasteiger charge is -2.40. The Morgan fingerprint density at radius 1 is 1.30 bits per heavy atom. The number of amides is 1. The van der Waals surface area contributed by atoms with Crippen LogP contribution in [0.15, 0.2) is 29.6 Å². The van der Waals surface area contributed by atoms with Crippen LogP contribution in [0.4, 0.5) is 11.6 Å². The van der Waals surface area contributed by atoms with Crippen LogP contribution in [0.2, 0.25) is 0 Å². The summed E-state index contributed by atoms with van der Waals surface area (Å²) >= 11 is 1.52. The summed E-state index contributed by atoms with van der Waals surface area (Å²) in [4.78, 5) is 29.5. The highest BCUT2D eigenvalue weighted by Gasteiger charge is 2.37. The van der Waals surface area contributed by atoms with E-state index in [1.54, 1.807) is 31.5 Å². The normalized spacial score (nSPS) is 16.4. The first kappa shape index (κ1) is 17.4. The molecular weight excluding hydrogens is 368 g/mol. The Kier molecular flexibility index (Phi) is 4.48. The van der Waals surface area contributed by atoms with E-state index in [0.29, 0.717) is 29.3 Å². The third-order valence-corrected chi connectivity index (χ3v) is 5.49. The number of imidazole rings is 1. The molecule has 10 heteroatoms. The molecule has 0 radical (unpaired) electrons. The average Bonchev–Trinajstić information content (AvgIpc) is 3.12. The minimum atomic E-state index is 0.0507. The second kappa shape index (κ2) is 6.95. The standard InChI is InChI=1S/C17H18N6O3S/c1-25-11-4-3-9(5-12(11)26-2)23-10(6-13(23)24)7-27-16-14-15(20-8-19-14)21-17(18)22-16/h3-5,8,10H,6-7H2,1-2H3,(H3,18,19,20,21,22). The number of methoxy groups -OCH3 is 2. The van der Waals surface area contributed by atoms with Gasteiger partial charge in [-0.05, 0) is 12.1 Å². The number of rotatable bonds is 6. The van der Waals surface area contributed by atoms with Crippen LogP contribution in [0.25, 0.3) is 11.2 Å². The second-order valence-corrected chi connectivity index (χ2v) is 6.97. The number of β-lactam (4-membered cyclic amide) rings is 1. The predicted molar refractivity (Wildman–Crippen MR) is 102 cm³/mol. The Bertz CT molecular complexity index is 1010. The summed E-state index contributed by atoms with van der Waals surface area (Å²) in [7, 11) is 3.15. The number of fused-ring (bicyclic) bond motifs is 1. The lowest BCUT2D eigenvalue weighted by molar-refractivity contribution is -0.123. The molecule has 1 aromatic carbocycles. The molecule has 2 aromatic heterocycles. The van der Waals surface area contributed by atoms with Gasteiger partial charge in [0, 0.05) is 23.9 Å². The molecule has 0 spiro atoms. The number of nitrogen functional groups attached to an aromatic ring is 1. The highest BCUT2D eigenvalue weighted by Crippen LogP contribution is 2.37. The molecule has 1 atom stereocenters. The van der Waals surface area contributed by atoms with Crippen molar-refractivity contribution in [3.05, 3.63) is 24.5 Å². The molecule has 1 aliphatic rings. The van der Waals surface area contributed by atoms with Gasteiger partial charge in [0.1, 0.15) is 10.5 Å². The molecule has 1 saturated heterocycles. The summed E-state index contributed by atoms with van der Waals surface area (Å²) in [5, 5.41) is 0.724. The number of anilines is 2. The Balaban J connectivity index is 1.53. The maximum atomic E-state index is 12.2. The number of nitrogens with one attached hydrogen (secondary N) is 1. The van der Waals surface area contributed by atoms with E-state index in [-0.39, 0.29) is 17.9 Å². The van der Waals surface area contributed by atoms with E-state index in [9.17, 15) is 4.79 Å². The van der Waals surface area contributed by atoms with Crippen molar-refractivity contribution in [3.63, 3.8) is 0 Å². The van der Waals surface area contributed by atoms with Gasteiger partial charge in [-0.3, -0.25) is 4.79 Å². The first-order chi connectivity index (χ1) is 13.1. The van der Waals surface area contributed by atoms with Crippen molar-refractivity contribution in [1.29, 1.82) is 0 Å². The van der Waals surface area contributed by atoms with Crippen LogP contribution in [-0.4, -0.2) is 51.9 Å². The van der Waals surface area contributed by atoms with E-state index in [2.05, 4.69) is 19.9 Å². The number of nitrogens with zero attached hydrogens (tertiary/aromatic N) is 4. The van der Waals surface area contributed by atoms with Crippen LogP contribution in [0.5, 0.6) is 11.5 Å². The summed E-state index contributed by atoms with van der Waals surface area (Å²) < 4.78 is 10.6. The molecule has 9 nitrogen and oxygen atoms in total. The van der Waals surface area contributed by atoms with E-state index in [1.807, 2.05) is 12.1 Å². The number of carbonyl (C=O) groups excluding carboxylic acids is 1. The van der Waals surface area contributed by atoms with Gasteiger partial charge in [0.25, 0.3) is 0 Å². The minimum absolute atomic E-state index is 0.0507. The first-order valence-electron chi connectivity index (χ1n) is 8.24. The van der Waals surface area contributed by atoms with E-state index in [1.165, 1.54) is 11.8 Å². The zero-order chi connectivity index (χ0) is 19.0. The highest BCUT2D eigenvalue weighted by molar-refractivity contribution is 7.99. The van der Waals surface area contributed by atoms with Crippen molar-refractivity contribution in [1.82, 2.24) is 19.9 Å². The summed E-state index contributed by atoms with van der Waals surface area (Å²) in [6.45, 7) is 0. The zero-order valence-corrected chi connectivity index (χ0v) is 15.6. The number of H-pyrrole nitrogens is 1. The second-order valence-electron chi connectivity index (χ2n) is 5.96. The van der Waals surface area contributed by atoms with Crippen LogP contribution in [0, 0.1) is 0 Å². The molecule has 0 saturated carbocycles. The quantitative estimate of drug-likeness (QED) is 0.374. The largest absolute Gasteiger partial charge is 0.493 e. The van der Waals surface area contributed by atoms with E-state index < -0.39 is 0 Å². The predicted octanol–water partition coefficient (Wildman–Crippen LogP) is 1.85. The fraction of sp³-hybridized carbons (Fsp3) is 0.294. The van der Waals surface area contributed by atoms with Crippen LogP contribution in [0.3, 0.4) is 0 Å². The van der Waals surface area contributed by atoms with Crippen molar-refractivity contribution in [2.75, 3.05) is 30.6 Å². The van der Waals surface area contributed by atoms with Gasteiger partial charge in [-0.1, -0.05) is 0 Å². The number of carbonyl (C=O) groups is 1. The summed E-state index contributed by atoms with van der Waals surface area (Å²) in [6.07, 6.45) is 2.04. The Hall–Kier alpha value is -3.01. The number of nitrogens with two attached hydrogens (primary N) is 1. The summed E-state index contributed by atoms with van der Waals surface area (Å²) in [5.41, 5.74) is 7.82. The molecular formula is C17H18N6O3S. The monoisotopic (exact) mass is 386 g/mol. The number of ether oxygens (including phenoxy) is 2. The fourth-order valence-electron chi connectivity index (χ4n) is 3.05. The van der Waals surface area contributed by atoms with Crippen LogP contribution >= 0.6 is 11.8 Å². The van der Waals surface area contributed by atoms with E-state index >= 15 is 0 Å². The van der Waals surface area contributed by atoms with Gasteiger partial charge in [-0.25, -0.2) is 9.97 Å². The Morgan fingerprint density at radius 2 is 2.11 bits per heavy atom. The Labute approximate surface area is 159 Å². The number of hydrogen-bond donors (Lipinski definition) is 2. The van der Waals surface area contributed by atoms with Crippen LogP contribution < -0.4 is 20.1 Å². The van der Waals surface area contributed by atoms with Gasteiger partial charge in [-0.2, -0.15) is 4.98 Å². The number of hydrogen-bond acceptors (Lipinski definition) is 8. The lowest BCUT2D eigenvalue weighted by atomic mass is 10.0. The smallest absolute Gasteiger partial charge is 0.229 e. The van der Waals surface area contributed by atoms with Gasteiger partial charge in [0.15, 0.2) is 17.1 Å². The molecule has 3 heterocycles. The number of benzene rings is 1. The highest BCUT2D eigenvalue weighted by atomic mass is 32.2. The zero-order valence-electron chi connectivity index (χ0n) is 14.8. The van der Waals surface area contributed by atoms with E-state index in [0.717, 1.165) is 16.2 Å². The number of aromatic amines is 1. The summed E-state index contributed by atoms with van der Waals surface area (Å²) in [5.74, 6) is 2.13. The maximum absolute atomic E-state index is 12.2. The van der Waals surface area contributed by atoms with Crippen LogP contribution in [0.1, 0.15) is 6.42 Å². The van der Waals surface area contributed by atoms with Crippen molar-refractivity contribution in [2.24, 2.45) is 0 Å². The van der Waals surface area contributed by atoms with Crippen LogP contribution in [-0.2, 0) is 4.79 Å². The molecule has 0 aliphatic carbocycles. The van der Waals surface area contributed by atoms with Gasteiger partial charge < -0.3 is 25.1 Å². The van der Waals surface area contributed by atoms with Crippen molar-refractivity contribution >= 4 is 40.5 Å². The average molecular weight is 386 g/mol. The van der Waals surface area contributed by atoms with Gasteiger partial charge in [0.05, 0.1) is 26.6 Å². The topological polar surface area (TPSA) is 119 Å². The molecule has 1 amide bonds. The number of aromatic nitrogens is 4. The molecule has 3 aromatic rings. The summed E-state index contributed by atoms with van der Waals surface area (Å²) in [6, 6.07) is 5.51. The molecule has 1 aliphatic heterocycles. The maximum Gasteiger partial charge on any atom is 0.229 e. The fourth-order valence-corrected chi connectivity index (χ4v) is 4.12. The van der Waals surface area contributed by atoms with Gasteiger partial charge >= 0.3 is 0 Å². The lowest BCUT2D eigenvalue weighted by Crippen LogP contribution is -2.54. The Morgan fingerprint density at radius 3 is 2.85 bits per heavy atom. The number of thioether (sulfide) groups is 1. The molecule has 0 bridgehead atoms. The van der Waals surface area contributed by atoms with Crippen molar-refractivity contribution < 1.29 is 14.3 Å². The molecule has 1 fully saturated rings. The van der Waals surface area contributed by atoms with E-state index in [4.69, 9.17) is 15.2 Å². The third kappa shape index (κ3) is 3.12. The molecule has 27 heavy (non-hydrogen) atoms. The minimum Gasteiger partial charge on any atom is -0.493 e. The third-order valence-electron chi connectivity index (χ3n) is 4.37. The molecule has 4 rings (SSSR count). The molecule has 140 valence electrons. The SMILES string of the molecule is COc1ccc(N2C(=O)CC2CSc2nc(N)nc3nc[nH]c23)cc1OC.